The fourth-order valence-electron chi connectivity index (χ4n) is 3.14. The number of carbonyl (C=O) groups excluding carboxylic acids is 1. The molecule has 110 valence electrons. The maximum absolute atomic E-state index is 12.3. The molecule has 0 bridgehead atoms. The highest BCUT2D eigenvalue weighted by Gasteiger charge is 2.37. The lowest BCUT2D eigenvalue weighted by molar-refractivity contribution is 0.0957. The van der Waals surface area contributed by atoms with Crippen LogP contribution in [0, 0.1) is 0 Å². The van der Waals surface area contributed by atoms with E-state index in [1.165, 1.54) is 24.0 Å². The highest BCUT2D eigenvalue weighted by molar-refractivity contribution is 5.98. The maximum atomic E-state index is 12.3. The Morgan fingerprint density at radius 1 is 1.05 bits per heavy atom. The number of carbonyl (C=O) groups is 1. The molecule has 2 nitrogen and oxygen atoms in total. The van der Waals surface area contributed by atoms with Crippen molar-refractivity contribution in [3.8, 4) is 0 Å². The first-order valence-corrected chi connectivity index (χ1v) is 7.46. The van der Waals surface area contributed by atoms with Crippen LogP contribution in [-0.2, 0) is 10.8 Å². The summed E-state index contributed by atoms with van der Waals surface area (Å²) in [5.74, 6) is 0.206. The van der Waals surface area contributed by atoms with Crippen LogP contribution >= 0.6 is 0 Å². The Balaban J connectivity index is 2.46. The molecule has 20 heavy (non-hydrogen) atoms. The van der Waals surface area contributed by atoms with Gasteiger partial charge in [-0.15, -0.1) is 0 Å². The van der Waals surface area contributed by atoms with Gasteiger partial charge in [0.2, 0.25) is 0 Å². The van der Waals surface area contributed by atoms with E-state index in [-0.39, 0.29) is 16.6 Å². The van der Waals surface area contributed by atoms with Crippen molar-refractivity contribution in [2.24, 2.45) is 0 Å². The predicted octanol–water partition coefficient (Wildman–Crippen LogP) is 3.78. The minimum Gasteiger partial charge on any atom is -0.302 e. The molecule has 0 spiro atoms. The van der Waals surface area contributed by atoms with Crippen LogP contribution in [0.5, 0.6) is 0 Å². The molecule has 0 amide bonds. The van der Waals surface area contributed by atoms with Crippen LogP contribution in [0.1, 0.15) is 62.0 Å². The lowest BCUT2D eigenvalue weighted by Gasteiger charge is -2.42. The molecule has 2 rings (SSSR count). The molecular weight excluding hydrogens is 246 g/mol. The molecule has 0 radical (unpaired) electrons. The molecule has 0 unspecified atom stereocenters. The van der Waals surface area contributed by atoms with Gasteiger partial charge in [-0.05, 0) is 55.0 Å². The van der Waals surface area contributed by atoms with Gasteiger partial charge in [0, 0.05) is 5.56 Å². The Morgan fingerprint density at radius 2 is 1.60 bits per heavy atom. The summed E-state index contributed by atoms with van der Waals surface area (Å²) in [6, 6.07) is 6.33. The minimum atomic E-state index is 0.166. The first kappa shape index (κ1) is 15.2. The third kappa shape index (κ3) is 2.80. The highest BCUT2D eigenvalue weighted by atomic mass is 16.1. The smallest absolute Gasteiger partial charge is 0.176 e. The summed E-state index contributed by atoms with van der Waals surface area (Å²) in [4.78, 5) is 14.2. The zero-order valence-electron chi connectivity index (χ0n) is 13.7. The number of rotatable bonds is 3. The summed E-state index contributed by atoms with van der Waals surface area (Å²) in [5, 5.41) is 0. The SMILES string of the molecule is CN(C)CC(=O)c1ccc2c(c1)C(C)(C)CCC2(C)C. The van der Waals surface area contributed by atoms with E-state index >= 15 is 0 Å². The molecule has 2 heteroatoms. The molecule has 0 aromatic heterocycles. The molecule has 0 N–H and O–H groups in total. The van der Waals surface area contributed by atoms with Crippen LogP contribution in [0.25, 0.3) is 0 Å². The molecule has 1 aliphatic rings. The third-order valence-electron chi connectivity index (χ3n) is 4.63. The Bertz CT molecular complexity index is 526. The van der Waals surface area contributed by atoms with Crippen LogP contribution in [0.2, 0.25) is 0 Å². The normalized spacial score (nSPS) is 19.8. The lowest BCUT2D eigenvalue weighted by Crippen LogP contribution is -2.34. The van der Waals surface area contributed by atoms with Crippen molar-refractivity contribution in [2.45, 2.75) is 51.4 Å². The fraction of sp³-hybridized carbons (Fsp3) is 0.611. The number of Topliss-reactive ketones (excluding diaryl/α,β-unsaturated/α-hetero) is 1. The standard InChI is InChI=1S/C18H27NO/c1-17(2)9-10-18(3,4)15-11-13(7-8-14(15)17)16(20)12-19(5)6/h7-8,11H,9-10,12H2,1-6H3. The summed E-state index contributed by atoms with van der Waals surface area (Å²) < 4.78 is 0. The average molecular weight is 273 g/mol. The van der Waals surface area contributed by atoms with E-state index in [0.717, 1.165) is 5.56 Å². The van der Waals surface area contributed by atoms with Crippen LogP contribution < -0.4 is 0 Å². The average Bonchev–Trinajstić information content (AvgIpc) is 2.34. The largest absolute Gasteiger partial charge is 0.302 e. The van der Waals surface area contributed by atoms with Gasteiger partial charge in [-0.3, -0.25) is 4.79 Å². The zero-order chi connectivity index (χ0) is 15.1. The van der Waals surface area contributed by atoms with Gasteiger partial charge in [-0.1, -0.05) is 39.8 Å². The van der Waals surface area contributed by atoms with Crippen molar-refractivity contribution < 1.29 is 4.79 Å². The van der Waals surface area contributed by atoms with E-state index in [2.05, 4.69) is 39.8 Å². The first-order chi connectivity index (χ1) is 9.13. The van der Waals surface area contributed by atoms with Gasteiger partial charge in [0.25, 0.3) is 0 Å². The van der Waals surface area contributed by atoms with Crippen molar-refractivity contribution in [3.05, 3.63) is 34.9 Å². The predicted molar refractivity (Wildman–Crippen MR) is 84.6 cm³/mol. The number of ketones is 1. The van der Waals surface area contributed by atoms with E-state index in [4.69, 9.17) is 0 Å². The Kier molecular flexibility index (Phi) is 3.81. The first-order valence-electron chi connectivity index (χ1n) is 7.46. The van der Waals surface area contributed by atoms with Crippen molar-refractivity contribution in [1.82, 2.24) is 4.90 Å². The number of hydrogen-bond acceptors (Lipinski definition) is 2. The van der Waals surface area contributed by atoms with Gasteiger partial charge in [0.15, 0.2) is 5.78 Å². The molecule has 0 saturated heterocycles. The number of benzene rings is 1. The van der Waals surface area contributed by atoms with Crippen LogP contribution in [0.4, 0.5) is 0 Å². The topological polar surface area (TPSA) is 20.3 Å². The Labute approximate surface area is 123 Å². The summed E-state index contributed by atoms with van der Waals surface area (Å²) in [5.41, 5.74) is 4.00. The fourth-order valence-corrected chi connectivity index (χ4v) is 3.14. The minimum absolute atomic E-state index is 0.166. The molecular formula is C18H27NO. The number of nitrogens with zero attached hydrogens (tertiary/aromatic N) is 1. The second-order valence-electron chi connectivity index (χ2n) is 7.69. The van der Waals surface area contributed by atoms with E-state index in [0.29, 0.717) is 6.54 Å². The van der Waals surface area contributed by atoms with Gasteiger partial charge in [0.05, 0.1) is 6.54 Å². The zero-order valence-corrected chi connectivity index (χ0v) is 13.7. The number of likely N-dealkylation sites (N-methyl/N-ethyl adjacent to an activating group) is 1. The van der Waals surface area contributed by atoms with Gasteiger partial charge >= 0.3 is 0 Å². The summed E-state index contributed by atoms with van der Waals surface area (Å²) in [6.07, 6.45) is 2.39. The molecule has 0 atom stereocenters. The summed E-state index contributed by atoms with van der Waals surface area (Å²) >= 11 is 0. The van der Waals surface area contributed by atoms with Crippen molar-refractivity contribution in [3.63, 3.8) is 0 Å². The van der Waals surface area contributed by atoms with Gasteiger partial charge < -0.3 is 4.90 Å². The van der Waals surface area contributed by atoms with Crippen LogP contribution in [-0.4, -0.2) is 31.3 Å². The second kappa shape index (κ2) is 5.00. The third-order valence-corrected chi connectivity index (χ3v) is 4.63. The maximum Gasteiger partial charge on any atom is 0.176 e. The van der Waals surface area contributed by atoms with E-state index in [1.807, 2.05) is 25.1 Å². The Morgan fingerprint density at radius 3 is 2.15 bits per heavy atom. The van der Waals surface area contributed by atoms with Gasteiger partial charge in [-0.25, -0.2) is 0 Å². The van der Waals surface area contributed by atoms with E-state index in [1.54, 1.807) is 0 Å². The molecule has 0 heterocycles. The van der Waals surface area contributed by atoms with Crippen LogP contribution in [0.3, 0.4) is 0 Å². The Hall–Kier alpha value is -1.15. The van der Waals surface area contributed by atoms with Crippen molar-refractivity contribution >= 4 is 5.78 Å². The van der Waals surface area contributed by atoms with Gasteiger partial charge in [-0.2, -0.15) is 0 Å². The highest BCUT2D eigenvalue weighted by Crippen LogP contribution is 2.45. The van der Waals surface area contributed by atoms with Crippen LogP contribution in [0.15, 0.2) is 18.2 Å². The molecule has 0 saturated carbocycles. The monoisotopic (exact) mass is 273 g/mol. The molecule has 1 aromatic rings. The quantitative estimate of drug-likeness (QED) is 0.781. The number of hydrogen-bond donors (Lipinski definition) is 0. The molecule has 0 fully saturated rings. The van der Waals surface area contributed by atoms with Crippen molar-refractivity contribution in [1.29, 1.82) is 0 Å². The second-order valence-corrected chi connectivity index (χ2v) is 7.69. The van der Waals surface area contributed by atoms with E-state index in [9.17, 15) is 4.79 Å². The molecule has 1 aromatic carbocycles. The van der Waals surface area contributed by atoms with E-state index < -0.39 is 0 Å². The molecule has 1 aliphatic carbocycles. The lowest BCUT2D eigenvalue weighted by atomic mass is 9.63. The van der Waals surface area contributed by atoms with Crippen molar-refractivity contribution in [2.75, 3.05) is 20.6 Å². The van der Waals surface area contributed by atoms with Gasteiger partial charge in [0.1, 0.15) is 0 Å². The number of fused-ring (bicyclic) bond motifs is 1. The summed E-state index contributed by atoms with van der Waals surface area (Å²) in [7, 11) is 3.87. The molecule has 0 aliphatic heterocycles. The summed E-state index contributed by atoms with van der Waals surface area (Å²) in [6.45, 7) is 9.68.